The first-order valence-electron chi connectivity index (χ1n) is 12.9. The minimum absolute atomic E-state index is 0.154. The second-order valence-corrected chi connectivity index (χ2v) is 9.65. The van der Waals surface area contributed by atoms with Crippen LogP contribution in [0.2, 0.25) is 0 Å². The van der Waals surface area contributed by atoms with Gasteiger partial charge in [-0.1, -0.05) is 43.0 Å². The van der Waals surface area contributed by atoms with E-state index >= 15 is 0 Å². The monoisotopic (exact) mass is 495 g/mol. The maximum absolute atomic E-state index is 14.3. The van der Waals surface area contributed by atoms with Gasteiger partial charge in [-0.25, -0.2) is 4.39 Å². The zero-order valence-electron chi connectivity index (χ0n) is 21.3. The van der Waals surface area contributed by atoms with Gasteiger partial charge in [0, 0.05) is 57.3 Å². The van der Waals surface area contributed by atoms with Gasteiger partial charge in [0.2, 0.25) is 0 Å². The Balaban J connectivity index is 1.40. The summed E-state index contributed by atoms with van der Waals surface area (Å²) in [6.07, 6.45) is 4.04. The summed E-state index contributed by atoms with van der Waals surface area (Å²) in [4.78, 5) is 19.1. The number of piperazine rings is 1. The summed E-state index contributed by atoms with van der Waals surface area (Å²) in [7, 11) is 1.45. The Morgan fingerprint density at radius 1 is 1.08 bits per heavy atom. The molecule has 0 aliphatic carbocycles. The lowest BCUT2D eigenvalue weighted by molar-refractivity contribution is -0.141. The lowest BCUT2D eigenvalue weighted by Crippen LogP contribution is -2.56. The number of piperidine rings is 1. The lowest BCUT2D eigenvalue weighted by Gasteiger charge is -2.47. The third-order valence-corrected chi connectivity index (χ3v) is 7.42. The summed E-state index contributed by atoms with van der Waals surface area (Å²) in [5.41, 5.74) is 1.86. The van der Waals surface area contributed by atoms with Crippen LogP contribution in [0.15, 0.2) is 61.2 Å². The second kappa shape index (κ2) is 12.9. The van der Waals surface area contributed by atoms with E-state index in [1.807, 2.05) is 30.3 Å². The van der Waals surface area contributed by atoms with Crippen molar-refractivity contribution in [2.24, 2.45) is 5.92 Å². The SMILES string of the molecule is C=CCOc1ccccc1CN1CC[C@H](N2CCN(c3ccccc3F)CC2)[C@H](CCC(=O)OC)C1. The van der Waals surface area contributed by atoms with Crippen molar-refractivity contribution < 1.29 is 18.7 Å². The van der Waals surface area contributed by atoms with Crippen molar-refractivity contribution in [2.45, 2.75) is 31.8 Å². The first-order valence-corrected chi connectivity index (χ1v) is 12.9. The zero-order valence-corrected chi connectivity index (χ0v) is 21.3. The number of anilines is 1. The van der Waals surface area contributed by atoms with Gasteiger partial charge in [0.25, 0.3) is 0 Å². The van der Waals surface area contributed by atoms with Gasteiger partial charge in [-0.05, 0) is 43.5 Å². The van der Waals surface area contributed by atoms with Crippen molar-refractivity contribution in [3.63, 3.8) is 0 Å². The van der Waals surface area contributed by atoms with Gasteiger partial charge < -0.3 is 14.4 Å². The van der Waals surface area contributed by atoms with Crippen molar-refractivity contribution >= 4 is 11.7 Å². The average molecular weight is 496 g/mol. The molecular formula is C29H38FN3O3. The summed E-state index contributed by atoms with van der Waals surface area (Å²) in [6.45, 7) is 10.4. The van der Waals surface area contributed by atoms with Gasteiger partial charge >= 0.3 is 5.97 Å². The third kappa shape index (κ3) is 6.65. The largest absolute Gasteiger partial charge is 0.489 e. The molecule has 2 aliphatic rings. The predicted molar refractivity (Wildman–Crippen MR) is 141 cm³/mol. The first-order chi connectivity index (χ1) is 17.6. The highest BCUT2D eigenvalue weighted by molar-refractivity contribution is 5.69. The van der Waals surface area contributed by atoms with Crippen LogP contribution in [0.5, 0.6) is 5.75 Å². The van der Waals surface area contributed by atoms with Crippen LogP contribution >= 0.6 is 0 Å². The number of esters is 1. The lowest BCUT2D eigenvalue weighted by atomic mass is 9.86. The molecule has 0 saturated carbocycles. The molecule has 0 unspecified atom stereocenters. The molecule has 0 N–H and O–H groups in total. The van der Waals surface area contributed by atoms with E-state index in [1.165, 1.54) is 18.7 Å². The van der Waals surface area contributed by atoms with Crippen molar-refractivity contribution in [3.8, 4) is 5.75 Å². The quantitative estimate of drug-likeness (QED) is 0.361. The van der Waals surface area contributed by atoms with Gasteiger partial charge in [0.15, 0.2) is 0 Å². The van der Waals surface area contributed by atoms with Crippen molar-refractivity contribution in [3.05, 3.63) is 72.6 Å². The van der Waals surface area contributed by atoms with Crippen molar-refractivity contribution in [2.75, 3.05) is 57.9 Å². The third-order valence-electron chi connectivity index (χ3n) is 7.42. The van der Waals surface area contributed by atoms with Crippen LogP contribution in [0.4, 0.5) is 10.1 Å². The van der Waals surface area contributed by atoms with Crippen molar-refractivity contribution in [1.82, 2.24) is 9.80 Å². The van der Waals surface area contributed by atoms with E-state index in [2.05, 4.69) is 27.3 Å². The molecule has 0 aromatic heterocycles. The minimum Gasteiger partial charge on any atom is -0.489 e. The molecule has 2 aromatic carbocycles. The molecule has 2 fully saturated rings. The summed E-state index contributed by atoms with van der Waals surface area (Å²) in [6, 6.07) is 15.6. The van der Waals surface area contributed by atoms with E-state index in [0.29, 0.717) is 30.7 Å². The second-order valence-electron chi connectivity index (χ2n) is 9.65. The Morgan fingerprint density at radius 3 is 2.58 bits per heavy atom. The summed E-state index contributed by atoms with van der Waals surface area (Å²) < 4.78 is 25.1. The highest BCUT2D eigenvalue weighted by Gasteiger charge is 2.35. The van der Waals surface area contributed by atoms with Crippen LogP contribution < -0.4 is 9.64 Å². The highest BCUT2D eigenvalue weighted by Crippen LogP contribution is 2.30. The van der Waals surface area contributed by atoms with E-state index in [1.54, 1.807) is 12.1 Å². The molecular weight excluding hydrogens is 457 g/mol. The van der Waals surface area contributed by atoms with E-state index < -0.39 is 0 Å². The van der Waals surface area contributed by atoms with Crippen LogP contribution in [-0.4, -0.2) is 74.8 Å². The van der Waals surface area contributed by atoms with Gasteiger partial charge in [-0.3, -0.25) is 14.6 Å². The minimum atomic E-state index is -0.160. The number of rotatable bonds is 10. The molecule has 6 nitrogen and oxygen atoms in total. The number of ether oxygens (including phenoxy) is 2. The Hall–Kier alpha value is -2.90. The van der Waals surface area contributed by atoms with Crippen molar-refractivity contribution in [1.29, 1.82) is 0 Å². The number of methoxy groups -OCH3 is 1. The smallest absolute Gasteiger partial charge is 0.305 e. The Labute approximate surface area is 214 Å². The van der Waals surface area contributed by atoms with Gasteiger partial charge in [0.05, 0.1) is 12.8 Å². The van der Waals surface area contributed by atoms with Gasteiger partial charge in [0.1, 0.15) is 18.2 Å². The van der Waals surface area contributed by atoms with Crippen LogP contribution in [0, 0.1) is 11.7 Å². The number of carbonyl (C=O) groups is 1. The summed E-state index contributed by atoms with van der Waals surface area (Å²) >= 11 is 0. The molecule has 36 heavy (non-hydrogen) atoms. The number of hydrogen-bond acceptors (Lipinski definition) is 6. The zero-order chi connectivity index (χ0) is 25.3. The van der Waals surface area contributed by atoms with Crippen LogP contribution in [0.25, 0.3) is 0 Å². The Morgan fingerprint density at radius 2 is 1.83 bits per heavy atom. The predicted octanol–water partition coefficient (Wildman–Crippen LogP) is 4.36. The summed E-state index contributed by atoms with van der Waals surface area (Å²) in [5.74, 6) is 0.944. The number of hydrogen-bond donors (Lipinski definition) is 0. The molecule has 2 aliphatic heterocycles. The van der Waals surface area contributed by atoms with Gasteiger partial charge in [-0.2, -0.15) is 0 Å². The number of nitrogens with zero attached hydrogens (tertiary/aromatic N) is 3. The first kappa shape index (κ1) is 26.2. The van der Waals surface area contributed by atoms with E-state index in [9.17, 15) is 9.18 Å². The molecule has 194 valence electrons. The fourth-order valence-electron chi connectivity index (χ4n) is 5.58. The fraction of sp³-hybridized carbons (Fsp3) is 0.483. The van der Waals surface area contributed by atoms with Crippen LogP contribution in [0.1, 0.15) is 24.8 Å². The molecule has 2 heterocycles. The maximum atomic E-state index is 14.3. The van der Waals surface area contributed by atoms with E-state index in [0.717, 1.165) is 64.4 Å². The molecule has 7 heteroatoms. The number of benzene rings is 2. The Kier molecular flexibility index (Phi) is 9.36. The molecule has 0 radical (unpaired) electrons. The number of halogens is 1. The number of para-hydroxylation sites is 2. The number of likely N-dealkylation sites (tertiary alicyclic amines) is 1. The topological polar surface area (TPSA) is 45.2 Å². The molecule has 2 aromatic rings. The number of carbonyl (C=O) groups excluding carboxylic acids is 1. The molecule has 0 amide bonds. The average Bonchev–Trinajstić information content (AvgIpc) is 2.92. The molecule has 2 atom stereocenters. The highest BCUT2D eigenvalue weighted by atomic mass is 19.1. The molecule has 0 spiro atoms. The maximum Gasteiger partial charge on any atom is 0.305 e. The van der Waals surface area contributed by atoms with E-state index in [-0.39, 0.29) is 11.8 Å². The van der Waals surface area contributed by atoms with E-state index in [4.69, 9.17) is 9.47 Å². The van der Waals surface area contributed by atoms with Crippen LogP contribution in [0.3, 0.4) is 0 Å². The standard InChI is InChI=1S/C29H38FN3O3/c1-3-20-36-28-11-7-4-8-24(28)22-31-15-14-26(23(21-31)12-13-29(34)35-2)32-16-18-33(19-17-32)27-10-6-5-9-25(27)30/h3-11,23,26H,1,12-22H2,2H3/t23-,26+/m1/s1. The molecule has 2 saturated heterocycles. The molecule has 0 bridgehead atoms. The van der Waals surface area contributed by atoms with Crippen LogP contribution in [-0.2, 0) is 16.1 Å². The fourth-order valence-corrected chi connectivity index (χ4v) is 5.58. The molecule has 4 rings (SSSR count). The van der Waals surface area contributed by atoms with Gasteiger partial charge in [-0.15, -0.1) is 0 Å². The normalized spacial score (nSPS) is 21.2. The Bertz CT molecular complexity index is 1010. The summed E-state index contributed by atoms with van der Waals surface area (Å²) in [5, 5.41) is 0.